The first-order chi connectivity index (χ1) is 14.0. The van der Waals surface area contributed by atoms with Crippen molar-refractivity contribution >= 4 is 17.5 Å². The Morgan fingerprint density at radius 1 is 1.00 bits per heavy atom. The number of methoxy groups -OCH3 is 2. The van der Waals surface area contributed by atoms with Crippen LogP contribution in [0.3, 0.4) is 0 Å². The van der Waals surface area contributed by atoms with Gasteiger partial charge in [-0.05, 0) is 53.8 Å². The second-order valence-electron chi connectivity index (χ2n) is 7.50. The third-order valence-corrected chi connectivity index (χ3v) is 5.91. The monoisotopic (exact) mass is 394 g/mol. The zero-order chi connectivity index (χ0) is 20.5. The summed E-state index contributed by atoms with van der Waals surface area (Å²) in [6.45, 7) is 3.42. The van der Waals surface area contributed by atoms with Gasteiger partial charge in [0.15, 0.2) is 11.5 Å². The molecule has 0 spiro atoms. The lowest BCUT2D eigenvalue weighted by Crippen LogP contribution is -2.44. The van der Waals surface area contributed by atoms with Crippen LogP contribution in [-0.4, -0.2) is 43.5 Å². The molecule has 0 aromatic heterocycles. The first kappa shape index (κ1) is 19.5. The van der Waals surface area contributed by atoms with Gasteiger partial charge in [0, 0.05) is 13.1 Å². The fourth-order valence-corrected chi connectivity index (χ4v) is 4.22. The lowest BCUT2D eigenvalue weighted by atomic mass is 9.97. The van der Waals surface area contributed by atoms with Crippen LogP contribution in [0, 0.1) is 0 Å². The topological polar surface area (TPSA) is 59.1 Å². The van der Waals surface area contributed by atoms with Gasteiger partial charge < -0.3 is 9.47 Å². The summed E-state index contributed by atoms with van der Waals surface area (Å²) >= 11 is 0. The van der Waals surface area contributed by atoms with E-state index in [0.29, 0.717) is 23.7 Å². The molecule has 29 heavy (non-hydrogen) atoms. The summed E-state index contributed by atoms with van der Waals surface area (Å²) in [6, 6.07) is 11.2. The zero-order valence-corrected chi connectivity index (χ0v) is 17.1. The molecule has 0 radical (unpaired) electrons. The van der Waals surface area contributed by atoms with Crippen molar-refractivity contribution in [3.05, 3.63) is 53.1 Å². The summed E-state index contributed by atoms with van der Waals surface area (Å²) in [6.07, 6.45) is 1.95. The van der Waals surface area contributed by atoms with Gasteiger partial charge in [0.2, 0.25) is 5.91 Å². The Morgan fingerprint density at radius 3 is 2.28 bits per heavy atom. The molecule has 1 fully saturated rings. The molecule has 2 aromatic rings. The number of hydrogen-bond donors (Lipinski definition) is 0. The highest BCUT2D eigenvalue weighted by Crippen LogP contribution is 2.35. The minimum absolute atomic E-state index is 0.136. The van der Waals surface area contributed by atoms with Crippen molar-refractivity contribution in [3.8, 4) is 11.5 Å². The lowest BCUT2D eigenvalue weighted by Gasteiger charge is -2.32. The molecule has 6 heteroatoms. The van der Waals surface area contributed by atoms with E-state index >= 15 is 0 Å². The van der Waals surface area contributed by atoms with E-state index in [1.54, 1.807) is 14.2 Å². The molecule has 0 aliphatic carbocycles. The lowest BCUT2D eigenvalue weighted by molar-refractivity contribution is -0.123. The van der Waals surface area contributed by atoms with Gasteiger partial charge in [-0.2, -0.15) is 0 Å². The fraction of sp³-hybridized carbons (Fsp3) is 0.391. The van der Waals surface area contributed by atoms with Crippen molar-refractivity contribution in [2.75, 3.05) is 25.7 Å². The highest BCUT2D eigenvalue weighted by atomic mass is 16.5. The van der Waals surface area contributed by atoms with E-state index in [0.717, 1.165) is 24.9 Å². The molecule has 0 bridgehead atoms. The highest BCUT2D eigenvalue weighted by molar-refractivity contribution is 6.22. The van der Waals surface area contributed by atoms with E-state index in [1.165, 1.54) is 16.0 Å². The molecule has 0 saturated carbocycles. The number of benzene rings is 2. The van der Waals surface area contributed by atoms with Crippen LogP contribution >= 0.6 is 0 Å². The summed E-state index contributed by atoms with van der Waals surface area (Å²) in [7, 11) is 3.25. The summed E-state index contributed by atoms with van der Waals surface area (Å²) in [5.74, 6) is 1.12. The molecule has 6 nitrogen and oxygen atoms in total. The van der Waals surface area contributed by atoms with Gasteiger partial charge in [0.25, 0.3) is 5.91 Å². The molecule has 2 amide bonds. The molecule has 4 rings (SSSR count). The van der Waals surface area contributed by atoms with E-state index in [4.69, 9.17) is 9.47 Å². The molecular weight excluding hydrogens is 368 g/mol. The third kappa shape index (κ3) is 3.49. The summed E-state index contributed by atoms with van der Waals surface area (Å²) in [5.41, 5.74) is 4.15. The number of aryl methyl sites for hydroxylation is 1. The molecule has 1 unspecified atom stereocenters. The minimum atomic E-state index is -0.422. The fourth-order valence-electron chi connectivity index (χ4n) is 4.22. The van der Waals surface area contributed by atoms with Gasteiger partial charge in [-0.15, -0.1) is 0 Å². The van der Waals surface area contributed by atoms with Crippen LogP contribution in [-0.2, 0) is 29.0 Å². The predicted molar refractivity (Wildman–Crippen MR) is 110 cm³/mol. The first-order valence-corrected chi connectivity index (χ1v) is 9.99. The number of imide groups is 1. The molecule has 1 saturated heterocycles. The van der Waals surface area contributed by atoms with Gasteiger partial charge in [-0.25, -0.2) is 4.90 Å². The number of hydrogen-bond acceptors (Lipinski definition) is 5. The molecule has 152 valence electrons. The maximum Gasteiger partial charge on any atom is 0.251 e. The number of anilines is 1. The maximum absolute atomic E-state index is 13.1. The van der Waals surface area contributed by atoms with Crippen LogP contribution in [0.15, 0.2) is 36.4 Å². The van der Waals surface area contributed by atoms with Crippen LogP contribution in [0.2, 0.25) is 0 Å². The smallest absolute Gasteiger partial charge is 0.251 e. The van der Waals surface area contributed by atoms with Crippen molar-refractivity contribution in [1.82, 2.24) is 4.90 Å². The SMILES string of the molecule is CCc1ccc(N2C(=O)CC(N3CCc4cc(OC)c(OC)cc4C3)C2=O)cc1. The second-order valence-corrected chi connectivity index (χ2v) is 7.50. The molecule has 2 aliphatic heterocycles. The van der Waals surface area contributed by atoms with Crippen molar-refractivity contribution < 1.29 is 19.1 Å². The van der Waals surface area contributed by atoms with Crippen molar-refractivity contribution in [2.45, 2.75) is 38.8 Å². The molecule has 1 atom stereocenters. The van der Waals surface area contributed by atoms with E-state index in [-0.39, 0.29) is 18.2 Å². The van der Waals surface area contributed by atoms with E-state index in [9.17, 15) is 9.59 Å². The Kier molecular flexibility index (Phi) is 5.28. The summed E-state index contributed by atoms with van der Waals surface area (Å²) in [5, 5.41) is 0. The second kappa shape index (κ2) is 7.87. The van der Waals surface area contributed by atoms with Crippen LogP contribution in [0.4, 0.5) is 5.69 Å². The van der Waals surface area contributed by atoms with Crippen LogP contribution in [0.5, 0.6) is 11.5 Å². The van der Waals surface area contributed by atoms with Crippen molar-refractivity contribution in [2.24, 2.45) is 0 Å². The van der Waals surface area contributed by atoms with Crippen LogP contribution in [0.1, 0.15) is 30.0 Å². The van der Waals surface area contributed by atoms with Gasteiger partial charge in [0.05, 0.1) is 32.4 Å². The molecule has 2 aromatic carbocycles. The number of nitrogens with zero attached hydrogens (tertiary/aromatic N) is 2. The molecule has 2 heterocycles. The normalized spacial score (nSPS) is 19.4. The number of carbonyl (C=O) groups is 2. The quantitative estimate of drug-likeness (QED) is 0.730. The van der Waals surface area contributed by atoms with Crippen molar-refractivity contribution in [1.29, 1.82) is 0 Å². The molecule has 2 aliphatic rings. The summed E-state index contributed by atoms with van der Waals surface area (Å²) in [4.78, 5) is 29.2. The maximum atomic E-state index is 13.1. The van der Waals surface area contributed by atoms with Gasteiger partial charge >= 0.3 is 0 Å². The Hall–Kier alpha value is -2.86. The standard InChI is InChI=1S/C23H26N2O4/c1-4-15-5-7-18(8-6-15)25-22(26)13-19(23(25)27)24-10-9-16-11-20(28-2)21(29-3)12-17(16)14-24/h5-8,11-12,19H,4,9-10,13-14H2,1-3H3. The zero-order valence-electron chi connectivity index (χ0n) is 17.1. The Morgan fingerprint density at radius 2 is 1.66 bits per heavy atom. The minimum Gasteiger partial charge on any atom is -0.493 e. The molecule has 0 N–H and O–H groups in total. The van der Waals surface area contributed by atoms with E-state index < -0.39 is 6.04 Å². The van der Waals surface area contributed by atoms with E-state index in [1.807, 2.05) is 36.4 Å². The van der Waals surface area contributed by atoms with Crippen molar-refractivity contribution in [3.63, 3.8) is 0 Å². The highest BCUT2D eigenvalue weighted by Gasteiger charge is 2.43. The number of rotatable bonds is 5. The Labute approximate surface area is 171 Å². The Balaban J connectivity index is 1.55. The summed E-state index contributed by atoms with van der Waals surface area (Å²) < 4.78 is 10.8. The number of carbonyl (C=O) groups excluding carboxylic acids is 2. The number of fused-ring (bicyclic) bond motifs is 1. The van der Waals surface area contributed by atoms with E-state index in [2.05, 4.69) is 11.8 Å². The largest absolute Gasteiger partial charge is 0.493 e. The Bertz CT molecular complexity index is 939. The molecular formula is C23H26N2O4. The predicted octanol–water partition coefficient (Wildman–Crippen LogP) is 2.96. The van der Waals surface area contributed by atoms with Crippen LogP contribution < -0.4 is 14.4 Å². The first-order valence-electron chi connectivity index (χ1n) is 9.99. The average Bonchev–Trinajstić information content (AvgIpc) is 3.06. The van der Waals surface area contributed by atoms with Gasteiger partial charge in [0.1, 0.15) is 0 Å². The van der Waals surface area contributed by atoms with Gasteiger partial charge in [-0.1, -0.05) is 19.1 Å². The average molecular weight is 394 g/mol. The number of amides is 2. The number of ether oxygens (including phenoxy) is 2. The van der Waals surface area contributed by atoms with Gasteiger partial charge in [-0.3, -0.25) is 14.5 Å². The third-order valence-electron chi connectivity index (χ3n) is 5.91. The van der Waals surface area contributed by atoms with Crippen LogP contribution in [0.25, 0.3) is 0 Å².